The van der Waals surface area contributed by atoms with Gasteiger partial charge in [0.25, 0.3) is 0 Å². The van der Waals surface area contributed by atoms with E-state index in [1.54, 1.807) is 18.3 Å². The highest BCUT2D eigenvalue weighted by Crippen LogP contribution is 2.40. The predicted molar refractivity (Wildman–Crippen MR) is 131 cm³/mol. The standard InChI is InChI=1S/C24H24BrF2N5O2/c1-24(18-4-2-3-5-21(18)33)11-20(17-12-28-13-19(25)22(17)32-24)29-6-7-30-23(34)31-16-9-14(26)8-15(27)10-16/h2-5,8-11,13,17,29,32-33H,6-7,12H2,1H3,(H2,30,31,34). The van der Waals surface area contributed by atoms with Crippen molar-refractivity contribution in [2.45, 2.75) is 12.5 Å². The fourth-order valence-corrected chi connectivity index (χ4v) is 4.63. The highest BCUT2D eigenvalue weighted by Gasteiger charge is 2.38. The Balaban J connectivity index is 1.44. The van der Waals surface area contributed by atoms with Crippen molar-refractivity contribution in [1.82, 2.24) is 16.0 Å². The molecule has 2 aromatic carbocycles. The lowest BCUT2D eigenvalue weighted by Crippen LogP contribution is -2.48. The summed E-state index contributed by atoms with van der Waals surface area (Å²) in [5.74, 6) is -1.40. The quantitative estimate of drug-likeness (QED) is 0.362. The Morgan fingerprint density at radius 2 is 1.97 bits per heavy atom. The molecule has 5 N–H and O–H groups in total. The number of rotatable bonds is 6. The molecule has 2 amide bonds. The molecule has 0 fully saturated rings. The maximum atomic E-state index is 13.3. The van der Waals surface area contributed by atoms with Crippen molar-refractivity contribution < 1.29 is 18.7 Å². The second kappa shape index (κ2) is 9.84. The zero-order chi connectivity index (χ0) is 24.3. The third-order valence-electron chi connectivity index (χ3n) is 5.64. The summed E-state index contributed by atoms with van der Waals surface area (Å²) in [5.41, 5.74) is 1.92. The summed E-state index contributed by atoms with van der Waals surface area (Å²) >= 11 is 3.57. The molecule has 178 valence electrons. The average molecular weight is 532 g/mol. The van der Waals surface area contributed by atoms with Crippen molar-refractivity contribution in [3.05, 3.63) is 81.6 Å². The number of phenols is 1. The van der Waals surface area contributed by atoms with Crippen molar-refractivity contribution in [2.24, 2.45) is 10.9 Å². The lowest BCUT2D eigenvalue weighted by Gasteiger charge is -2.41. The van der Waals surface area contributed by atoms with Gasteiger partial charge in [-0.15, -0.1) is 0 Å². The van der Waals surface area contributed by atoms with E-state index in [-0.39, 0.29) is 23.9 Å². The molecule has 2 heterocycles. The Hall–Kier alpha value is -3.40. The number of anilines is 1. The van der Waals surface area contributed by atoms with Gasteiger partial charge in [-0.25, -0.2) is 13.6 Å². The fourth-order valence-electron chi connectivity index (χ4n) is 4.11. The molecular weight excluding hydrogens is 508 g/mol. The number of carbonyl (C=O) groups is 1. The van der Waals surface area contributed by atoms with Crippen LogP contribution < -0.4 is 21.3 Å². The molecule has 0 spiro atoms. The van der Waals surface area contributed by atoms with Gasteiger partial charge >= 0.3 is 6.03 Å². The number of fused-ring (bicyclic) bond motifs is 1. The summed E-state index contributed by atoms with van der Waals surface area (Å²) in [6, 6.07) is 9.39. The number of hydrogen-bond donors (Lipinski definition) is 5. The van der Waals surface area contributed by atoms with Gasteiger partial charge in [-0.3, -0.25) is 4.99 Å². The van der Waals surface area contributed by atoms with E-state index in [2.05, 4.69) is 42.2 Å². The average Bonchev–Trinajstić information content (AvgIpc) is 2.77. The number of para-hydroxylation sites is 1. The highest BCUT2D eigenvalue weighted by molar-refractivity contribution is 9.12. The molecule has 2 aliphatic heterocycles. The van der Waals surface area contributed by atoms with Crippen LogP contribution in [0.1, 0.15) is 12.5 Å². The van der Waals surface area contributed by atoms with Crippen molar-refractivity contribution in [2.75, 3.05) is 25.0 Å². The molecule has 0 saturated heterocycles. The summed E-state index contributed by atoms with van der Waals surface area (Å²) in [4.78, 5) is 16.5. The summed E-state index contributed by atoms with van der Waals surface area (Å²) < 4.78 is 27.4. The lowest BCUT2D eigenvalue weighted by atomic mass is 9.82. The Kier molecular flexibility index (Phi) is 6.87. The van der Waals surface area contributed by atoms with E-state index in [9.17, 15) is 18.7 Å². The zero-order valence-corrected chi connectivity index (χ0v) is 19.9. The van der Waals surface area contributed by atoms with E-state index in [1.807, 2.05) is 25.1 Å². The zero-order valence-electron chi connectivity index (χ0n) is 18.3. The molecule has 0 radical (unpaired) electrons. The molecule has 4 rings (SSSR count). The molecule has 2 aliphatic rings. The van der Waals surface area contributed by atoms with Gasteiger partial charge in [0, 0.05) is 48.0 Å². The van der Waals surface area contributed by atoms with Crippen LogP contribution in [0.3, 0.4) is 0 Å². The third kappa shape index (κ3) is 5.22. The fraction of sp³-hybridized carbons (Fsp3) is 0.250. The minimum absolute atomic E-state index is 0.0298. The van der Waals surface area contributed by atoms with Crippen LogP contribution in [-0.4, -0.2) is 37.0 Å². The molecule has 7 nitrogen and oxygen atoms in total. The second-order valence-corrected chi connectivity index (χ2v) is 9.07. The van der Waals surface area contributed by atoms with Gasteiger partial charge in [-0.05, 0) is 47.1 Å². The van der Waals surface area contributed by atoms with E-state index in [0.717, 1.165) is 39.6 Å². The van der Waals surface area contributed by atoms with Crippen molar-refractivity contribution in [3.63, 3.8) is 0 Å². The Morgan fingerprint density at radius 1 is 1.24 bits per heavy atom. The van der Waals surface area contributed by atoms with E-state index >= 15 is 0 Å². The molecular formula is C24H24BrF2N5O2. The minimum Gasteiger partial charge on any atom is -0.508 e. The molecule has 2 unspecified atom stereocenters. The van der Waals surface area contributed by atoms with E-state index < -0.39 is 23.2 Å². The first-order valence-corrected chi connectivity index (χ1v) is 11.5. The number of dihydropyridines is 1. The van der Waals surface area contributed by atoms with Gasteiger partial charge in [0.05, 0.1) is 22.5 Å². The largest absolute Gasteiger partial charge is 0.508 e. The van der Waals surface area contributed by atoms with Gasteiger partial charge in [0.1, 0.15) is 17.4 Å². The SMILES string of the molecule is CC1(c2ccccc2O)C=C(NCCNC(=O)Nc2cc(F)cc(F)c2)C2CN=CC(Br)=C2N1. The predicted octanol–water partition coefficient (Wildman–Crippen LogP) is 4.09. The number of aliphatic imine (C=N–C) groups is 1. The number of nitrogens with zero attached hydrogens (tertiary/aromatic N) is 1. The van der Waals surface area contributed by atoms with Gasteiger partial charge < -0.3 is 26.4 Å². The smallest absolute Gasteiger partial charge is 0.319 e. The van der Waals surface area contributed by atoms with Gasteiger partial charge in [-0.1, -0.05) is 18.2 Å². The number of allylic oxidation sites excluding steroid dienone is 1. The van der Waals surface area contributed by atoms with Crippen LogP contribution >= 0.6 is 15.9 Å². The monoisotopic (exact) mass is 531 g/mol. The van der Waals surface area contributed by atoms with Crippen LogP contribution in [0, 0.1) is 17.6 Å². The van der Waals surface area contributed by atoms with Crippen molar-refractivity contribution in [1.29, 1.82) is 0 Å². The Bertz CT molecular complexity index is 1180. The van der Waals surface area contributed by atoms with Crippen molar-refractivity contribution in [3.8, 4) is 5.75 Å². The number of aromatic hydroxyl groups is 1. The molecule has 34 heavy (non-hydrogen) atoms. The van der Waals surface area contributed by atoms with E-state index in [1.165, 1.54) is 0 Å². The number of benzene rings is 2. The molecule has 0 aromatic heterocycles. The Labute approximate surface area is 204 Å². The van der Waals surface area contributed by atoms with Crippen molar-refractivity contribution >= 4 is 33.9 Å². The minimum atomic E-state index is -0.771. The normalized spacial score (nSPS) is 21.3. The maximum absolute atomic E-state index is 13.3. The first kappa shape index (κ1) is 23.7. The molecule has 2 aromatic rings. The number of carbonyl (C=O) groups excluding carboxylic acids is 1. The molecule has 0 saturated carbocycles. The Morgan fingerprint density at radius 3 is 2.71 bits per heavy atom. The number of phenolic OH excluding ortho intramolecular Hbond substituents is 1. The molecule has 0 bridgehead atoms. The van der Waals surface area contributed by atoms with E-state index in [0.29, 0.717) is 13.1 Å². The number of amides is 2. The molecule has 10 heteroatoms. The topological polar surface area (TPSA) is 97.8 Å². The molecule has 0 aliphatic carbocycles. The van der Waals surface area contributed by atoms with Crippen LogP contribution in [0.2, 0.25) is 0 Å². The van der Waals surface area contributed by atoms with E-state index in [4.69, 9.17) is 0 Å². The van der Waals surface area contributed by atoms with Gasteiger partial charge in [0.15, 0.2) is 0 Å². The van der Waals surface area contributed by atoms with Crippen LogP contribution in [0.25, 0.3) is 0 Å². The summed E-state index contributed by atoms with van der Waals surface area (Å²) in [5, 5.41) is 22.4. The number of nitrogens with one attached hydrogen (secondary N) is 4. The summed E-state index contributed by atoms with van der Waals surface area (Å²) in [6.45, 7) is 3.19. The molecule has 2 atom stereocenters. The number of halogens is 3. The van der Waals surface area contributed by atoms with Crippen LogP contribution in [0.15, 0.2) is 69.4 Å². The third-order valence-corrected chi connectivity index (χ3v) is 6.27. The van der Waals surface area contributed by atoms with Gasteiger partial charge in [0.2, 0.25) is 0 Å². The second-order valence-electron chi connectivity index (χ2n) is 8.22. The highest BCUT2D eigenvalue weighted by atomic mass is 79.9. The van der Waals surface area contributed by atoms with Crippen LogP contribution in [0.5, 0.6) is 5.75 Å². The number of hydrogen-bond acceptors (Lipinski definition) is 5. The lowest BCUT2D eigenvalue weighted by molar-refractivity contribution is 0.252. The van der Waals surface area contributed by atoms with Crippen LogP contribution in [0.4, 0.5) is 19.3 Å². The van der Waals surface area contributed by atoms with Crippen LogP contribution in [-0.2, 0) is 5.54 Å². The maximum Gasteiger partial charge on any atom is 0.319 e. The summed E-state index contributed by atoms with van der Waals surface area (Å²) in [6.07, 6.45) is 3.78. The van der Waals surface area contributed by atoms with Gasteiger partial charge in [-0.2, -0.15) is 0 Å². The summed E-state index contributed by atoms with van der Waals surface area (Å²) in [7, 11) is 0. The first-order chi connectivity index (χ1) is 16.2. The first-order valence-electron chi connectivity index (χ1n) is 10.7. The number of urea groups is 1.